The Morgan fingerprint density at radius 2 is 2.03 bits per heavy atom. The summed E-state index contributed by atoms with van der Waals surface area (Å²) in [5.41, 5.74) is 9.91. The maximum absolute atomic E-state index is 13.7. The fourth-order valence-corrected chi connectivity index (χ4v) is 7.15. The third-order valence-electron chi connectivity index (χ3n) is 6.70. The number of methoxy groups -OCH3 is 1. The van der Waals surface area contributed by atoms with E-state index >= 15 is 0 Å². The minimum atomic E-state index is -0.577. The third kappa shape index (κ3) is 4.92. The van der Waals surface area contributed by atoms with Crippen molar-refractivity contribution in [2.24, 2.45) is 11.1 Å². The summed E-state index contributed by atoms with van der Waals surface area (Å²) in [5.74, 6) is 0.985. The first kappa shape index (κ1) is 26.3. The molecule has 0 amide bonds. The van der Waals surface area contributed by atoms with Crippen molar-refractivity contribution >= 4 is 45.6 Å². The number of ether oxygens (including phenoxy) is 1. The van der Waals surface area contributed by atoms with Crippen LogP contribution in [0.15, 0.2) is 75.5 Å². The average molecular weight is 564 g/mol. The molecule has 3 aromatic rings. The zero-order valence-corrected chi connectivity index (χ0v) is 23.6. The molecule has 38 heavy (non-hydrogen) atoms. The van der Waals surface area contributed by atoms with Crippen molar-refractivity contribution in [2.45, 2.75) is 42.7 Å². The molecule has 1 aliphatic heterocycles. The number of hydrogen-bond donors (Lipinski definition) is 1. The third-order valence-corrected chi connectivity index (χ3v) is 9.16. The van der Waals surface area contributed by atoms with Gasteiger partial charge in [0.2, 0.25) is 5.13 Å². The van der Waals surface area contributed by atoms with E-state index in [2.05, 4.69) is 30.1 Å². The van der Waals surface area contributed by atoms with Gasteiger partial charge in [-0.15, -0.1) is 10.2 Å². The van der Waals surface area contributed by atoms with Gasteiger partial charge in [-0.25, -0.2) is 0 Å². The predicted octanol–water partition coefficient (Wildman–Crippen LogP) is 6.43. The van der Waals surface area contributed by atoms with Crippen LogP contribution < -0.4 is 15.4 Å². The Kier molecular flexibility index (Phi) is 7.23. The number of carbonyl (C=O) groups excluding carboxylic acids is 1. The molecule has 7 nitrogen and oxygen atoms in total. The van der Waals surface area contributed by atoms with Gasteiger partial charge >= 0.3 is 0 Å². The van der Waals surface area contributed by atoms with E-state index in [4.69, 9.17) is 22.1 Å². The zero-order chi connectivity index (χ0) is 27.0. The Morgan fingerprint density at radius 1 is 1.24 bits per heavy atom. The highest BCUT2D eigenvalue weighted by atomic mass is 35.5. The molecule has 5 rings (SSSR count). The molecule has 2 aliphatic rings. The van der Waals surface area contributed by atoms with E-state index in [1.165, 1.54) is 23.1 Å². The number of carbonyl (C=O) groups is 1. The quantitative estimate of drug-likeness (QED) is 0.342. The highest BCUT2D eigenvalue weighted by Crippen LogP contribution is 2.51. The first-order valence-electron chi connectivity index (χ1n) is 12.0. The number of anilines is 1. The number of nitrogens with two attached hydrogens (primary N) is 1. The molecular weight excluding hydrogens is 538 g/mol. The Labute approximate surface area is 235 Å². The summed E-state index contributed by atoms with van der Waals surface area (Å²) in [6.45, 7) is 4.14. The highest BCUT2D eigenvalue weighted by molar-refractivity contribution is 8.00. The molecular formula is C28H26ClN5O2S2. The van der Waals surface area contributed by atoms with Gasteiger partial charge in [0.25, 0.3) is 0 Å². The SMILES string of the molecule is COc1cccc([C@H]2C(C#N)=C(N)N(c3nnc(SCc4ccccc4Cl)s3)C3=C2C(=O)CC(C)(C)C3)c1. The summed E-state index contributed by atoms with van der Waals surface area (Å²) in [4.78, 5) is 15.5. The molecule has 2 heterocycles. The Bertz CT molecular complexity index is 1520. The number of thioether (sulfide) groups is 1. The first-order valence-corrected chi connectivity index (χ1v) is 14.2. The molecule has 2 N–H and O–H groups in total. The molecule has 0 fully saturated rings. The maximum atomic E-state index is 13.7. The van der Waals surface area contributed by atoms with Crippen molar-refractivity contribution in [3.63, 3.8) is 0 Å². The summed E-state index contributed by atoms with van der Waals surface area (Å²) < 4.78 is 6.16. The number of rotatable bonds is 6. The van der Waals surface area contributed by atoms with Crippen molar-refractivity contribution < 1.29 is 9.53 Å². The largest absolute Gasteiger partial charge is 0.497 e. The van der Waals surface area contributed by atoms with Gasteiger partial charge in [-0.05, 0) is 41.2 Å². The van der Waals surface area contributed by atoms with E-state index < -0.39 is 5.92 Å². The van der Waals surface area contributed by atoms with Crippen molar-refractivity contribution in [1.29, 1.82) is 5.26 Å². The number of hydrogen-bond acceptors (Lipinski definition) is 9. The Morgan fingerprint density at radius 3 is 2.76 bits per heavy atom. The monoisotopic (exact) mass is 563 g/mol. The molecule has 1 aliphatic carbocycles. The number of Topliss-reactive ketones (excluding diaryl/α,β-unsaturated/α-hetero) is 1. The topological polar surface area (TPSA) is 105 Å². The van der Waals surface area contributed by atoms with Crippen molar-refractivity contribution in [1.82, 2.24) is 10.2 Å². The van der Waals surface area contributed by atoms with Crippen LogP contribution in [0.5, 0.6) is 5.75 Å². The number of nitriles is 1. The Hall–Kier alpha value is -3.32. The number of nitrogens with zero attached hydrogens (tertiary/aromatic N) is 4. The summed E-state index contributed by atoms with van der Waals surface area (Å²) in [5, 5.41) is 20.3. The highest BCUT2D eigenvalue weighted by Gasteiger charge is 2.45. The smallest absolute Gasteiger partial charge is 0.219 e. The second-order valence-corrected chi connectivity index (χ2v) is 12.6. The van der Waals surface area contributed by atoms with Gasteiger partial charge in [-0.3, -0.25) is 9.69 Å². The second kappa shape index (κ2) is 10.4. The number of aromatic nitrogens is 2. The second-order valence-electron chi connectivity index (χ2n) is 9.99. The molecule has 1 aromatic heterocycles. The minimum absolute atomic E-state index is 0.00662. The van der Waals surface area contributed by atoms with Crippen molar-refractivity contribution in [3.05, 3.63) is 87.3 Å². The molecule has 0 radical (unpaired) electrons. The van der Waals surface area contributed by atoms with E-state index in [0.29, 0.717) is 45.6 Å². The van der Waals surface area contributed by atoms with Crippen LogP contribution in [0, 0.1) is 16.7 Å². The van der Waals surface area contributed by atoms with E-state index in [1.807, 2.05) is 48.5 Å². The van der Waals surface area contributed by atoms with Crippen LogP contribution >= 0.6 is 34.7 Å². The molecule has 0 spiro atoms. The van der Waals surface area contributed by atoms with Crippen molar-refractivity contribution in [2.75, 3.05) is 12.0 Å². The molecule has 194 valence electrons. The normalized spacial score (nSPS) is 18.9. The molecule has 1 atom stereocenters. The number of halogens is 1. The van der Waals surface area contributed by atoms with Crippen LogP contribution in [0.25, 0.3) is 0 Å². The summed E-state index contributed by atoms with van der Waals surface area (Å²) in [6.07, 6.45) is 0.990. The molecule has 0 saturated heterocycles. The summed E-state index contributed by atoms with van der Waals surface area (Å²) >= 11 is 9.22. The maximum Gasteiger partial charge on any atom is 0.219 e. The fraction of sp³-hybridized carbons (Fsp3) is 0.286. The lowest BCUT2D eigenvalue weighted by atomic mass is 9.68. The first-order chi connectivity index (χ1) is 18.2. The molecule has 0 bridgehead atoms. The molecule has 2 aromatic carbocycles. The van der Waals surface area contributed by atoms with Crippen LogP contribution in [0.4, 0.5) is 5.13 Å². The molecule has 0 unspecified atom stereocenters. The van der Waals surface area contributed by atoms with Gasteiger partial charge in [0.1, 0.15) is 11.6 Å². The molecule has 10 heteroatoms. The Balaban J connectivity index is 1.58. The van der Waals surface area contributed by atoms with Gasteiger partial charge in [0.05, 0.1) is 24.7 Å². The predicted molar refractivity (Wildman–Crippen MR) is 151 cm³/mol. The van der Waals surface area contributed by atoms with Crippen LogP contribution in [-0.2, 0) is 10.5 Å². The van der Waals surface area contributed by atoms with Gasteiger partial charge in [0.15, 0.2) is 10.1 Å². The van der Waals surface area contributed by atoms with Crippen LogP contribution in [0.2, 0.25) is 5.02 Å². The number of allylic oxidation sites excluding steroid dienone is 3. The zero-order valence-electron chi connectivity index (χ0n) is 21.2. The van der Waals surface area contributed by atoms with Gasteiger partial charge in [-0.1, -0.05) is 78.9 Å². The lowest BCUT2D eigenvalue weighted by Crippen LogP contribution is -2.42. The van der Waals surface area contributed by atoms with E-state index in [1.54, 1.807) is 12.0 Å². The summed E-state index contributed by atoms with van der Waals surface area (Å²) in [6, 6.07) is 17.4. The van der Waals surface area contributed by atoms with Gasteiger partial charge in [0, 0.05) is 28.5 Å². The standard InChI is InChI=1S/C28H26ClN5O2S2/c1-28(2)12-21-24(22(35)13-28)23(16-8-6-9-18(11-16)36-3)19(14-30)25(31)34(21)26-32-33-27(38-26)37-15-17-7-4-5-10-20(17)29/h4-11,23H,12-13,15,31H2,1-3H3/t23-/m0/s1. The number of benzene rings is 2. The van der Waals surface area contributed by atoms with Gasteiger partial charge < -0.3 is 10.5 Å². The fourth-order valence-electron chi connectivity index (χ4n) is 4.99. The lowest BCUT2D eigenvalue weighted by molar-refractivity contribution is -0.118. The van der Waals surface area contributed by atoms with Crippen LogP contribution in [-0.4, -0.2) is 23.1 Å². The van der Waals surface area contributed by atoms with Crippen LogP contribution in [0.3, 0.4) is 0 Å². The minimum Gasteiger partial charge on any atom is -0.497 e. The molecule has 0 saturated carbocycles. The van der Waals surface area contributed by atoms with Crippen LogP contribution in [0.1, 0.15) is 43.7 Å². The number of ketones is 1. The van der Waals surface area contributed by atoms with Crippen molar-refractivity contribution in [3.8, 4) is 11.8 Å². The van der Waals surface area contributed by atoms with E-state index in [-0.39, 0.29) is 17.0 Å². The average Bonchev–Trinajstić information content (AvgIpc) is 3.35. The van der Waals surface area contributed by atoms with E-state index in [9.17, 15) is 10.1 Å². The lowest BCUT2D eigenvalue weighted by Gasteiger charge is -2.42. The van der Waals surface area contributed by atoms with Gasteiger partial charge in [-0.2, -0.15) is 5.26 Å². The van der Waals surface area contributed by atoms with E-state index in [0.717, 1.165) is 21.2 Å². The summed E-state index contributed by atoms with van der Waals surface area (Å²) in [7, 11) is 1.59.